The summed E-state index contributed by atoms with van der Waals surface area (Å²) in [7, 11) is -4.27. The van der Waals surface area contributed by atoms with E-state index in [1.807, 2.05) is 0 Å². The molecule has 0 aliphatic carbocycles. The third-order valence-electron chi connectivity index (χ3n) is 2.46. The molecule has 0 radical (unpaired) electrons. The fourth-order valence-electron chi connectivity index (χ4n) is 1.71. The van der Waals surface area contributed by atoms with Crippen molar-refractivity contribution in [1.82, 2.24) is 4.31 Å². The number of nitrogen functional groups attached to an aromatic ring is 1. The van der Waals surface area contributed by atoms with Gasteiger partial charge in [-0.05, 0) is 18.1 Å². The fraction of sp³-hybridized carbons (Fsp3) is 0.500. The Hall–Kier alpha value is -1.28. The number of halogens is 3. The number of para-hydroxylation sites is 1. The molecule has 20 heavy (non-hydrogen) atoms. The molecule has 0 heterocycles. The first-order chi connectivity index (χ1) is 9.04. The highest BCUT2D eigenvalue weighted by molar-refractivity contribution is 7.89. The van der Waals surface area contributed by atoms with E-state index in [4.69, 9.17) is 5.73 Å². The number of alkyl halides is 3. The van der Waals surface area contributed by atoms with Crippen LogP contribution in [0, 0.1) is 5.92 Å². The van der Waals surface area contributed by atoms with E-state index in [-0.39, 0.29) is 23.0 Å². The van der Waals surface area contributed by atoms with Gasteiger partial charge in [-0.1, -0.05) is 26.0 Å². The third kappa shape index (κ3) is 4.38. The van der Waals surface area contributed by atoms with Crippen LogP contribution in [-0.2, 0) is 10.0 Å². The zero-order valence-corrected chi connectivity index (χ0v) is 12.0. The second kappa shape index (κ2) is 6.01. The lowest BCUT2D eigenvalue weighted by molar-refractivity contribution is -0.136. The van der Waals surface area contributed by atoms with Crippen LogP contribution in [-0.4, -0.2) is 32.0 Å². The molecule has 0 amide bonds. The summed E-state index contributed by atoms with van der Waals surface area (Å²) in [5, 5.41) is 0. The fourth-order valence-corrected chi connectivity index (χ4v) is 3.41. The van der Waals surface area contributed by atoms with Crippen LogP contribution in [0.3, 0.4) is 0 Å². The van der Waals surface area contributed by atoms with E-state index in [1.54, 1.807) is 13.8 Å². The molecule has 0 saturated heterocycles. The quantitative estimate of drug-likeness (QED) is 0.850. The molecule has 8 heteroatoms. The SMILES string of the molecule is CC(C)CN(CC(F)(F)F)S(=O)(=O)c1ccccc1N. The third-order valence-corrected chi connectivity index (χ3v) is 4.35. The van der Waals surface area contributed by atoms with E-state index >= 15 is 0 Å². The zero-order chi connectivity index (χ0) is 15.6. The number of nitrogens with two attached hydrogens (primary N) is 1. The Morgan fingerprint density at radius 2 is 1.80 bits per heavy atom. The summed E-state index contributed by atoms with van der Waals surface area (Å²) in [6.07, 6.45) is -4.61. The molecule has 0 aromatic heterocycles. The molecule has 1 aromatic carbocycles. The van der Waals surface area contributed by atoms with Gasteiger partial charge in [-0.3, -0.25) is 0 Å². The zero-order valence-electron chi connectivity index (χ0n) is 11.2. The molecule has 0 fully saturated rings. The normalized spacial score (nSPS) is 13.2. The van der Waals surface area contributed by atoms with Crippen LogP contribution < -0.4 is 5.73 Å². The average Bonchev–Trinajstić information content (AvgIpc) is 2.25. The summed E-state index contributed by atoms with van der Waals surface area (Å²) in [6, 6.07) is 5.48. The van der Waals surface area contributed by atoms with Gasteiger partial charge in [0.1, 0.15) is 11.4 Å². The van der Waals surface area contributed by atoms with Gasteiger partial charge in [0.05, 0.1) is 5.69 Å². The minimum absolute atomic E-state index is 0.0663. The average molecular weight is 310 g/mol. The first-order valence-corrected chi connectivity index (χ1v) is 7.39. The summed E-state index contributed by atoms with van der Waals surface area (Å²) in [6.45, 7) is 1.54. The Morgan fingerprint density at radius 3 is 2.25 bits per heavy atom. The molecule has 0 saturated carbocycles. The van der Waals surface area contributed by atoms with Gasteiger partial charge < -0.3 is 5.73 Å². The lowest BCUT2D eigenvalue weighted by atomic mass is 10.2. The molecular formula is C12H17F3N2O2S. The first kappa shape index (κ1) is 16.8. The number of benzene rings is 1. The molecule has 1 rings (SSSR count). The van der Waals surface area contributed by atoms with Crippen LogP contribution in [0.2, 0.25) is 0 Å². The number of sulfonamides is 1. The molecule has 0 spiro atoms. The van der Waals surface area contributed by atoms with Gasteiger partial charge in [0.2, 0.25) is 10.0 Å². The molecule has 0 unspecified atom stereocenters. The van der Waals surface area contributed by atoms with E-state index in [0.29, 0.717) is 4.31 Å². The van der Waals surface area contributed by atoms with Gasteiger partial charge in [0, 0.05) is 6.54 Å². The summed E-state index contributed by atoms with van der Waals surface area (Å²) in [4.78, 5) is -0.301. The van der Waals surface area contributed by atoms with Crippen molar-refractivity contribution in [3.8, 4) is 0 Å². The number of hydrogen-bond acceptors (Lipinski definition) is 3. The molecular weight excluding hydrogens is 293 g/mol. The van der Waals surface area contributed by atoms with Crippen molar-refractivity contribution in [2.45, 2.75) is 24.9 Å². The lowest BCUT2D eigenvalue weighted by Crippen LogP contribution is -2.41. The molecule has 0 bridgehead atoms. The number of hydrogen-bond donors (Lipinski definition) is 1. The molecule has 0 atom stereocenters. The second-order valence-electron chi connectivity index (χ2n) is 4.84. The maximum absolute atomic E-state index is 12.6. The van der Waals surface area contributed by atoms with E-state index in [9.17, 15) is 21.6 Å². The van der Waals surface area contributed by atoms with E-state index in [0.717, 1.165) is 0 Å². The highest BCUT2D eigenvalue weighted by Crippen LogP contribution is 2.26. The minimum Gasteiger partial charge on any atom is -0.398 e. The van der Waals surface area contributed by atoms with Gasteiger partial charge in [0.25, 0.3) is 0 Å². The maximum Gasteiger partial charge on any atom is 0.402 e. The minimum atomic E-state index is -4.61. The van der Waals surface area contributed by atoms with Crippen LogP contribution in [0.4, 0.5) is 18.9 Å². The number of nitrogens with zero attached hydrogens (tertiary/aromatic N) is 1. The summed E-state index contributed by atoms with van der Waals surface area (Å²) >= 11 is 0. The summed E-state index contributed by atoms with van der Waals surface area (Å²) in [5.74, 6) is -0.239. The second-order valence-corrected chi connectivity index (χ2v) is 6.75. The van der Waals surface area contributed by atoms with Crippen molar-refractivity contribution in [3.05, 3.63) is 24.3 Å². The van der Waals surface area contributed by atoms with Crippen LogP contribution in [0.5, 0.6) is 0 Å². The van der Waals surface area contributed by atoms with Crippen LogP contribution >= 0.6 is 0 Å². The van der Waals surface area contributed by atoms with Gasteiger partial charge >= 0.3 is 6.18 Å². The summed E-state index contributed by atoms with van der Waals surface area (Å²) < 4.78 is 62.7. The molecule has 0 aliphatic rings. The van der Waals surface area contributed by atoms with Gasteiger partial charge in [-0.2, -0.15) is 17.5 Å². The first-order valence-electron chi connectivity index (χ1n) is 5.95. The van der Waals surface area contributed by atoms with Crippen LogP contribution in [0.1, 0.15) is 13.8 Å². The Bertz CT molecular complexity index is 556. The highest BCUT2D eigenvalue weighted by Gasteiger charge is 2.37. The number of rotatable bonds is 5. The Balaban J connectivity index is 3.21. The monoisotopic (exact) mass is 310 g/mol. The van der Waals surface area contributed by atoms with Crippen LogP contribution in [0.25, 0.3) is 0 Å². The maximum atomic E-state index is 12.6. The topological polar surface area (TPSA) is 63.4 Å². The van der Waals surface area contributed by atoms with Crippen molar-refractivity contribution in [2.24, 2.45) is 5.92 Å². The van der Waals surface area contributed by atoms with E-state index in [2.05, 4.69) is 0 Å². The van der Waals surface area contributed by atoms with Crippen molar-refractivity contribution in [2.75, 3.05) is 18.8 Å². The van der Waals surface area contributed by atoms with Gasteiger partial charge in [0.15, 0.2) is 0 Å². The van der Waals surface area contributed by atoms with Crippen molar-refractivity contribution < 1.29 is 21.6 Å². The van der Waals surface area contributed by atoms with E-state index in [1.165, 1.54) is 24.3 Å². The Morgan fingerprint density at radius 1 is 1.25 bits per heavy atom. The van der Waals surface area contributed by atoms with E-state index < -0.39 is 22.7 Å². The predicted molar refractivity (Wildman–Crippen MR) is 70.5 cm³/mol. The molecule has 1 aromatic rings. The standard InChI is InChI=1S/C12H17F3N2O2S/c1-9(2)7-17(8-12(13,14)15)20(18,19)11-6-4-3-5-10(11)16/h3-6,9H,7-8,16H2,1-2H3. The van der Waals surface area contributed by atoms with Crippen LogP contribution in [0.15, 0.2) is 29.2 Å². The number of anilines is 1. The van der Waals surface area contributed by atoms with Crippen molar-refractivity contribution >= 4 is 15.7 Å². The molecule has 2 N–H and O–H groups in total. The molecule has 0 aliphatic heterocycles. The van der Waals surface area contributed by atoms with Crippen molar-refractivity contribution in [1.29, 1.82) is 0 Å². The smallest absolute Gasteiger partial charge is 0.398 e. The Kier molecular flexibility index (Phi) is 5.04. The van der Waals surface area contributed by atoms with Gasteiger partial charge in [-0.15, -0.1) is 0 Å². The summed E-state index contributed by atoms with van der Waals surface area (Å²) in [5.41, 5.74) is 5.49. The lowest BCUT2D eigenvalue weighted by Gasteiger charge is -2.25. The highest BCUT2D eigenvalue weighted by atomic mass is 32.2. The Labute approximate surface area is 116 Å². The van der Waals surface area contributed by atoms with Crippen molar-refractivity contribution in [3.63, 3.8) is 0 Å². The predicted octanol–water partition coefficient (Wildman–Crippen LogP) is 2.48. The molecule has 4 nitrogen and oxygen atoms in total. The molecule has 114 valence electrons. The largest absolute Gasteiger partial charge is 0.402 e. The van der Waals surface area contributed by atoms with Gasteiger partial charge in [-0.25, -0.2) is 8.42 Å².